The Balaban J connectivity index is 1.76. The monoisotopic (exact) mass is 226 g/mol. The molecular weight excluding hydrogens is 202 g/mol. The van der Waals surface area contributed by atoms with E-state index in [0.29, 0.717) is 6.17 Å². The Morgan fingerprint density at radius 1 is 1.12 bits per heavy atom. The Morgan fingerprint density at radius 3 is 2.56 bits per heavy atom. The van der Waals surface area contributed by atoms with Crippen LogP contribution in [0.3, 0.4) is 0 Å². The molecule has 92 valence electrons. The van der Waals surface area contributed by atoms with Gasteiger partial charge in [0.2, 0.25) is 0 Å². The van der Waals surface area contributed by atoms with Crippen molar-refractivity contribution in [3.05, 3.63) is 0 Å². The van der Waals surface area contributed by atoms with Gasteiger partial charge in [0, 0.05) is 13.1 Å². The van der Waals surface area contributed by atoms with E-state index in [-0.39, 0.29) is 0 Å². The summed E-state index contributed by atoms with van der Waals surface area (Å²) < 4.78 is 5.47. The zero-order chi connectivity index (χ0) is 11.1. The predicted octanol–water partition coefficient (Wildman–Crippen LogP) is -0.811. The summed E-state index contributed by atoms with van der Waals surface area (Å²) >= 11 is 0. The SMILES string of the molecule is C[NH+](C)N1C2CCC(C2)C1N1CCOCC1. The molecule has 3 atom stereocenters. The summed E-state index contributed by atoms with van der Waals surface area (Å²) in [4.78, 5) is 2.65. The number of quaternary nitrogens is 1. The van der Waals surface area contributed by atoms with Gasteiger partial charge in [0.15, 0.2) is 0 Å². The third-order valence-electron chi connectivity index (χ3n) is 4.48. The molecule has 0 amide bonds. The summed E-state index contributed by atoms with van der Waals surface area (Å²) in [6.45, 7) is 4.09. The van der Waals surface area contributed by atoms with E-state index in [1.54, 1.807) is 0 Å². The summed E-state index contributed by atoms with van der Waals surface area (Å²) in [7, 11) is 4.54. The lowest BCUT2D eigenvalue weighted by Crippen LogP contribution is -3.15. The van der Waals surface area contributed by atoms with E-state index in [1.807, 2.05) is 0 Å². The van der Waals surface area contributed by atoms with Crippen LogP contribution in [0.1, 0.15) is 19.3 Å². The molecule has 4 nitrogen and oxygen atoms in total. The van der Waals surface area contributed by atoms with Gasteiger partial charge in [-0.25, -0.2) is 0 Å². The van der Waals surface area contributed by atoms with Crippen LogP contribution < -0.4 is 5.01 Å². The molecule has 1 saturated carbocycles. The zero-order valence-corrected chi connectivity index (χ0v) is 10.5. The number of rotatable bonds is 2. The van der Waals surface area contributed by atoms with Crippen molar-refractivity contribution in [2.24, 2.45) is 5.92 Å². The van der Waals surface area contributed by atoms with E-state index in [1.165, 1.54) is 24.3 Å². The van der Waals surface area contributed by atoms with Crippen molar-refractivity contribution in [2.75, 3.05) is 40.4 Å². The third-order valence-corrected chi connectivity index (χ3v) is 4.48. The highest BCUT2D eigenvalue weighted by atomic mass is 16.5. The maximum atomic E-state index is 5.47. The molecule has 2 aliphatic heterocycles. The first kappa shape index (κ1) is 11.0. The number of nitrogens with one attached hydrogen (secondary N) is 1. The lowest BCUT2D eigenvalue weighted by molar-refractivity contribution is -0.992. The molecule has 3 aliphatic rings. The van der Waals surface area contributed by atoms with E-state index < -0.39 is 0 Å². The van der Waals surface area contributed by atoms with Crippen LogP contribution in [0.4, 0.5) is 0 Å². The Labute approximate surface area is 98.1 Å². The normalized spacial score (nSPS) is 41.1. The lowest BCUT2D eigenvalue weighted by atomic mass is 10.0. The molecule has 2 heterocycles. The molecule has 2 saturated heterocycles. The van der Waals surface area contributed by atoms with Crippen LogP contribution in [-0.2, 0) is 4.74 Å². The van der Waals surface area contributed by atoms with Crippen LogP contribution in [0.15, 0.2) is 0 Å². The van der Waals surface area contributed by atoms with Crippen LogP contribution in [0.25, 0.3) is 0 Å². The minimum absolute atomic E-state index is 0.688. The minimum atomic E-state index is 0.688. The van der Waals surface area contributed by atoms with Crippen LogP contribution >= 0.6 is 0 Å². The molecule has 1 N–H and O–H groups in total. The fraction of sp³-hybridized carbons (Fsp3) is 1.00. The molecular formula is C12H24N3O+. The maximum absolute atomic E-state index is 5.47. The molecule has 0 radical (unpaired) electrons. The van der Waals surface area contributed by atoms with E-state index in [4.69, 9.17) is 4.74 Å². The van der Waals surface area contributed by atoms with Crippen molar-refractivity contribution in [3.63, 3.8) is 0 Å². The number of piperidine rings is 1. The predicted molar refractivity (Wildman–Crippen MR) is 62.0 cm³/mol. The number of nitrogens with zero attached hydrogens (tertiary/aromatic N) is 2. The highest BCUT2D eigenvalue weighted by molar-refractivity contribution is 4.96. The molecule has 1 aliphatic carbocycles. The van der Waals surface area contributed by atoms with Gasteiger partial charge in [0.05, 0.1) is 33.4 Å². The molecule has 0 aromatic heterocycles. The molecule has 3 fully saturated rings. The van der Waals surface area contributed by atoms with E-state index >= 15 is 0 Å². The van der Waals surface area contributed by atoms with Gasteiger partial charge in [0.1, 0.15) is 6.17 Å². The van der Waals surface area contributed by atoms with Crippen molar-refractivity contribution in [3.8, 4) is 0 Å². The third kappa shape index (κ3) is 1.68. The molecule has 0 aromatic carbocycles. The minimum Gasteiger partial charge on any atom is -0.379 e. The van der Waals surface area contributed by atoms with E-state index in [9.17, 15) is 0 Å². The maximum Gasteiger partial charge on any atom is 0.114 e. The number of hydrogen-bond donors (Lipinski definition) is 1. The second kappa shape index (κ2) is 4.26. The summed E-state index contributed by atoms with van der Waals surface area (Å²) in [5.74, 6) is 0.915. The van der Waals surface area contributed by atoms with Gasteiger partial charge in [-0.2, -0.15) is 0 Å². The number of morpholine rings is 1. The second-order valence-corrected chi connectivity index (χ2v) is 5.64. The number of fused-ring (bicyclic) bond motifs is 2. The second-order valence-electron chi connectivity index (χ2n) is 5.64. The molecule has 16 heavy (non-hydrogen) atoms. The first-order chi connectivity index (χ1) is 7.77. The number of hydrogen-bond acceptors (Lipinski definition) is 3. The molecule has 0 aromatic rings. The van der Waals surface area contributed by atoms with Gasteiger partial charge in [0.25, 0.3) is 0 Å². The fourth-order valence-corrected chi connectivity index (χ4v) is 3.90. The summed E-state index contributed by atoms with van der Waals surface area (Å²) in [6, 6.07) is 0.836. The van der Waals surface area contributed by atoms with Crippen molar-refractivity contribution >= 4 is 0 Å². The first-order valence-electron chi connectivity index (χ1n) is 6.67. The summed E-state index contributed by atoms with van der Waals surface area (Å²) in [5.41, 5.74) is 0. The highest BCUT2D eigenvalue weighted by Gasteiger charge is 2.51. The van der Waals surface area contributed by atoms with Crippen LogP contribution in [-0.4, -0.2) is 62.5 Å². The molecule has 3 rings (SSSR count). The molecule has 0 spiro atoms. The van der Waals surface area contributed by atoms with Gasteiger partial charge in [-0.15, -0.1) is 5.01 Å². The quantitative estimate of drug-likeness (QED) is 0.665. The van der Waals surface area contributed by atoms with Crippen LogP contribution in [0, 0.1) is 5.92 Å². The molecule has 2 bridgehead atoms. The largest absolute Gasteiger partial charge is 0.379 e. The lowest BCUT2D eigenvalue weighted by Gasteiger charge is -2.43. The van der Waals surface area contributed by atoms with E-state index in [2.05, 4.69) is 24.0 Å². The van der Waals surface area contributed by atoms with Crippen LogP contribution in [0.2, 0.25) is 0 Å². The highest BCUT2D eigenvalue weighted by Crippen LogP contribution is 2.41. The Bertz CT molecular complexity index is 253. The van der Waals surface area contributed by atoms with Gasteiger partial charge < -0.3 is 4.74 Å². The Hall–Kier alpha value is -0.160. The molecule has 3 unspecified atom stereocenters. The summed E-state index contributed by atoms with van der Waals surface area (Å²) in [5, 5.41) is 4.20. The van der Waals surface area contributed by atoms with Crippen molar-refractivity contribution < 1.29 is 9.75 Å². The van der Waals surface area contributed by atoms with Gasteiger partial charge in [-0.05, 0) is 25.2 Å². The Morgan fingerprint density at radius 2 is 1.88 bits per heavy atom. The topological polar surface area (TPSA) is 20.2 Å². The van der Waals surface area contributed by atoms with Gasteiger partial charge in [-0.1, -0.05) is 0 Å². The van der Waals surface area contributed by atoms with Gasteiger partial charge in [-0.3, -0.25) is 9.91 Å². The van der Waals surface area contributed by atoms with Crippen LogP contribution in [0.5, 0.6) is 0 Å². The molecule has 4 heteroatoms. The smallest absolute Gasteiger partial charge is 0.114 e. The Kier molecular flexibility index (Phi) is 2.92. The number of ether oxygens (including phenoxy) is 1. The average Bonchev–Trinajstić information content (AvgIpc) is 2.89. The van der Waals surface area contributed by atoms with Gasteiger partial charge >= 0.3 is 0 Å². The zero-order valence-electron chi connectivity index (χ0n) is 10.5. The standard InChI is InChI=1S/C12H23N3O/c1-13(2)15-11-4-3-10(9-11)12(15)14-5-7-16-8-6-14/h10-12H,3-9H2,1-2H3/p+1. The summed E-state index contributed by atoms with van der Waals surface area (Å²) in [6.07, 6.45) is 4.97. The van der Waals surface area contributed by atoms with E-state index in [0.717, 1.165) is 38.3 Å². The average molecular weight is 226 g/mol. The van der Waals surface area contributed by atoms with Crippen molar-refractivity contribution in [1.29, 1.82) is 0 Å². The fourth-order valence-electron chi connectivity index (χ4n) is 3.90. The van der Waals surface area contributed by atoms with Crippen molar-refractivity contribution in [1.82, 2.24) is 9.91 Å². The van der Waals surface area contributed by atoms with Crippen molar-refractivity contribution in [2.45, 2.75) is 31.5 Å². The first-order valence-corrected chi connectivity index (χ1v) is 6.67.